The Balaban J connectivity index is 2.61. The van der Waals surface area contributed by atoms with Crippen molar-refractivity contribution in [2.75, 3.05) is 0 Å². The summed E-state index contributed by atoms with van der Waals surface area (Å²) in [6.45, 7) is 0. The van der Waals surface area contributed by atoms with E-state index in [0.717, 1.165) is 14.8 Å². The maximum absolute atomic E-state index is 12.2. The smallest absolute Gasteiger partial charge is 0.195 e. The lowest BCUT2D eigenvalue weighted by atomic mass is 9.95. The van der Waals surface area contributed by atoms with Crippen LogP contribution in [-0.2, 0) is 0 Å². The first kappa shape index (κ1) is 9.61. The highest BCUT2D eigenvalue weighted by molar-refractivity contribution is 7.24. The highest BCUT2D eigenvalue weighted by atomic mass is 32.1. The zero-order valence-electron chi connectivity index (χ0n) is 8.44. The third-order valence-corrected chi connectivity index (χ3v) is 3.75. The molecule has 3 rings (SSSR count). The van der Waals surface area contributed by atoms with Crippen molar-refractivity contribution in [3.05, 3.63) is 52.7 Å². The summed E-state index contributed by atoms with van der Waals surface area (Å²) in [7, 11) is 5.70. The van der Waals surface area contributed by atoms with E-state index in [4.69, 9.17) is 7.85 Å². The standard InChI is InChI=1S/C13H7BOS/c14-8-5-6-12-10(7-8)13(15)9-3-1-2-4-11(9)16-12/h1-7H. The lowest BCUT2D eigenvalue weighted by Crippen LogP contribution is -2.06. The Morgan fingerprint density at radius 1 is 0.938 bits per heavy atom. The quantitative estimate of drug-likeness (QED) is 0.421. The number of hydrogen-bond donors (Lipinski definition) is 0. The molecule has 1 heterocycles. The van der Waals surface area contributed by atoms with Crippen LogP contribution in [0.1, 0.15) is 0 Å². The Bertz CT molecular complexity index is 746. The van der Waals surface area contributed by atoms with Crippen molar-refractivity contribution in [1.29, 1.82) is 0 Å². The van der Waals surface area contributed by atoms with E-state index in [1.807, 2.05) is 36.4 Å². The molecular formula is C13H7BOS. The van der Waals surface area contributed by atoms with Crippen molar-refractivity contribution >= 4 is 44.8 Å². The molecule has 0 N–H and O–H groups in total. The average molecular weight is 222 g/mol. The molecule has 2 radical (unpaired) electrons. The van der Waals surface area contributed by atoms with Crippen LogP contribution in [0.4, 0.5) is 0 Å². The summed E-state index contributed by atoms with van der Waals surface area (Å²) < 4.78 is 2.00. The fourth-order valence-electron chi connectivity index (χ4n) is 1.82. The number of benzene rings is 2. The normalized spacial score (nSPS) is 11.0. The van der Waals surface area contributed by atoms with Gasteiger partial charge >= 0.3 is 0 Å². The van der Waals surface area contributed by atoms with Crippen molar-refractivity contribution in [2.24, 2.45) is 0 Å². The molecule has 0 spiro atoms. The molecule has 0 unspecified atom stereocenters. The van der Waals surface area contributed by atoms with Gasteiger partial charge in [-0.3, -0.25) is 4.79 Å². The molecule has 1 nitrogen and oxygen atoms in total. The van der Waals surface area contributed by atoms with E-state index in [2.05, 4.69) is 0 Å². The summed E-state index contributed by atoms with van der Waals surface area (Å²) in [4.78, 5) is 12.2. The molecule has 16 heavy (non-hydrogen) atoms. The summed E-state index contributed by atoms with van der Waals surface area (Å²) in [5.74, 6) is 0. The molecule has 3 aromatic rings. The SMILES string of the molecule is [B]c1ccc2sc3ccccc3c(=O)c2c1. The van der Waals surface area contributed by atoms with Crippen LogP contribution in [-0.4, -0.2) is 7.85 Å². The zero-order chi connectivity index (χ0) is 11.1. The van der Waals surface area contributed by atoms with Crippen LogP contribution < -0.4 is 10.9 Å². The van der Waals surface area contributed by atoms with Crippen LogP contribution in [0, 0.1) is 0 Å². The van der Waals surface area contributed by atoms with E-state index in [1.165, 1.54) is 0 Å². The summed E-state index contributed by atoms with van der Waals surface area (Å²) >= 11 is 1.62. The zero-order valence-corrected chi connectivity index (χ0v) is 9.25. The average Bonchev–Trinajstić information content (AvgIpc) is 2.31. The molecule has 74 valence electrons. The Morgan fingerprint density at radius 3 is 2.56 bits per heavy atom. The predicted octanol–water partition coefficient (Wildman–Crippen LogP) is 2.21. The molecule has 0 saturated carbocycles. The van der Waals surface area contributed by atoms with Gasteiger partial charge in [0.1, 0.15) is 7.85 Å². The molecule has 0 fully saturated rings. The number of hydrogen-bond acceptors (Lipinski definition) is 2. The molecule has 1 aromatic heterocycles. The molecule has 0 aliphatic carbocycles. The Kier molecular flexibility index (Phi) is 2.08. The maximum atomic E-state index is 12.2. The van der Waals surface area contributed by atoms with Crippen LogP contribution in [0.5, 0.6) is 0 Å². The molecule has 0 saturated heterocycles. The van der Waals surface area contributed by atoms with Gasteiger partial charge in [0.15, 0.2) is 5.43 Å². The lowest BCUT2D eigenvalue weighted by Gasteiger charge is -2.01. The molecule has 3 heteroatoms. The molecule has 0 aliphatic rings. The van der Waals surface area contributed by atoms with Gasteiger partial charge in [-0.1, -0.05) is 29.7 Å². The lowest BCUT2D eigenvalue weighted by molar-refractivity contribution is 1.76. The third-order valence-electron chi connectivity index (χ3n) is 2.60. The van der Waals surface area contributed by atoms with Gasteiger partial charge in [-0.25, -0.2) is 0 Å². The second-order valence-electron chi connectivity index (χ2n) is 3.68. The topological polar surface area (TPSA) is 17.1 Å². The highest BCUT2D eigenvalue weighted by Gasteiger charge is 2.04. The van der Waals surface area contributed by atoms with E-state index in [1.54, 1.807) is 17.4 Å². The number of fused-ring (bicyclic) bond motifs is 2. The number of rotatable bonds is 0. The van der Waals surface area contributed by atoms with Crippen molar-refractivity contribution in [1.82, 2.24) is 0 Å². The van der Waals surface area contributed by atoms with Crippen LogP contribution >= 0.6 is 11.3 Å². The van der Waals surface area contributed by atoms with Gasteiger partial charge in [0.05, 0.1) is 0 Å². The summed E-state index contributed by atoms with van der Waals surface area (Å²) in [6, 6.07) is 13.1. The summed E-state index contributed by atoms with van der Waals surface area (Å²) in [5.41, 5.74) is 0.698. The Morgan fingerprint density at radius 2 is 1.69 bits per heavy atom. The second kappa shape index (κ2) is 3.46. The van der Waals surface area contributed by atoms with Crippen molar-refractivity contribution in [2.45, 2.75) is 0 Å². The predicted molar refractivity (Wildman–Crippen MR) is 71.0 cm³/mol. The minimum absolute atomic E-state index is 0.0663. The first-order chi connectivity index (χ1) is 7.75. The first-order valence-electron chi connectivity index (χ1n) is 4.97. The van der Waals surface area contributed by atoms with Crippen LogP contribution in [0.15, 0.2) is 47.3 Å². The van der Waals surface area contributed by atoms with E-state index in [9.17, 15) is 4.79 Å². The fourth-order valence-corrected chi connectivity index (χ4v) is 2.87. The van der Waals surface area contributed by atoms with Gasteiger partial charge in [0, 0.05) is 20.2 Å². The van der Waals surface area contributed by atoms with Crippen molar-refractivity contribution in [3.63, 3.8) is 0 Å². The van der Waals surface area contributed by atoms with Gasteiger partial charge in [-0.2, -0.15) is 0 Å². The largest absolute Gasteiger partial charge is 0.289 e. The highest BCUT2D eigenvalue weighted by Crippen LogP contribution is 2.23. The molecular weight excluding hydrogens is 215 g/mol. The summed E-state index contributed by atoms with van der Waals surface area (Å²) in [5, 5.41) is 1.48. The van der Waals surface area contributed by atoms with Gasteiger partial charge in [0.2, 0.25) is 0 Å². The van der Waals surface area contributed by atoms with E-state index < -0.39 is 0 Å². The van der Waals surface area contributed by atoms with Gasteiger partial charge in [0.25, 0.3) is 0 Å². The summed E-state index contributed by atoms with van der Waals surface area (Å²) in [6.07, 6.45) is 0. The monoisotopic (exact) mass is 222 g/mol. The Hall–Kier alpha value is -1.61. The third kappa shape index (κ3) is 1.36. The van der Waals surface area contributed by atoms with Crippen molar-refractivity contribution in [3.8, 4) is 0 Å². The molecule has 0 atom stereocenters. The second-order valence-corrected chi connectivity index (χ2v) is 4.77. The van der Waals surface area contributed by atoms with E-state index in [0.29, 0.717) is 10.8 Å². The van der Waals surface area contributed by atoms with Crippen molar-refractivity contribution < 1.29 is 0 Å². The molecule has 0 bridgehead atoms. The van der Waals surface area contributed by atoms with Crippen LogP contribution in [0.2, 0.25) is 0 Å². The first-order valence-corrected chi connectivity index (χ1v) is 5.78. The van der Waals surface area contributed by atoms with Gasteiger partial charge in [-0.15, -0.1) is 11.3 Å². The van der Waals surface area contributed by atoms with Crippen LogP contribution in [0.25, 0.3) is 20.2 Å². The molecule has 2 aromatic carbocycles. The van der Waals surface area contributed by atoms with Gasteiger partial charge < -0.3 is 0 Å². The Labute approximate surface area is 97.8 Å². The molecule has 0 aliphatic heterocycles. The minimum Gasteiger partial charge on any atom is -0.289 e. The fraction of sp³-hybridized carbons (Fsp3) is 0. The molecule has 0 amide bonds. The van der Waals surface area contributed by atoms with Crippen LogP contribution in [0.3, 0.4) is 0 Å². The maximum Gasteiger partial charge on any atom is 0.195 e. The van der Waals surface area contributed by atoms with E-state index >= 15 is 0 Å². The minimum atomic E-state index is 0.0663. The van der Waals surface area contributed by atoms with E-state index in [-0.39, 0.29) is 5.43 Å². The van der Waals surface area contributed by atoms with Gasteiger partial charge in [-0.05, 0) is 18.2 Å².